The second kappa shape index (κ2) is 5.49. The van der Waals surface area contributed by atoms with Crippen molar-refractivity contribution in [2.75, 3.05) is 20.3 Å². The predicted molar refractivity (Wildman–Crippen MR) is 51.9 cm³/mol. The number of nitrogens with two attached hydrogens (primary N) is 2. The first kappa shape index (κ1) is 10.8. The molecule has 0 heterocycles. The minimum Gasteiger partial charge on any atom is -0.397 e. The van der Waals surface area contributed by atoms with E-state index in [1.165, 1.54) is 0 Å². The van der Waals surface area contributed by atoms with Crippen LogP contribution in [0.4, 0.5) is 0 Å². The van der Waals surface area contributed by atoms with Crippen molar-refractivity contribution in [3.8, 4) is 0 Å². The molecule has 0 saturated carbocycles. The first-order valence-electron chi connectivity index (χ1n) is 3.91. The first-order chi connectivity index (χ1) is 5.57. The van der Waals surface area contributed by atoms with E-state index < -0.39 is 0 Å². The van der Waals surface area contributed by atoms with Gasteiger partial charge in [0, 0.05) is 18.9 Å². The van der Waals surface area contributed by atoms with Gasteiger partial charge in [0.1, 0.15) is 0 Å². The summed E-state index contributed by atoms with van der Waals surface area (Å²) >= 11 is 0. The van der Waals surface area contributed by atoms with Crippen LogP contribution < -0.4 is 16.8 Å². The molecule has 0 aromatic heterocycles. The molecule has 0 bridgehead atoms. The Kier molecular flexibility index (Phi) is 4.96. The van der Waals surface area contributed by atoms with Gasteiger partial charge in [0.25, 0.3) is 0 Å². The fourth-order valence-electron chi connectivity index (χ4n) is 0.654. The van der Waals surface area contributed by atoms with Crippen LogP contribution in [0.3, 0.4) is 0 Å². The molecule has 12 heavy (non-hydrogen) atoms. The number of nitrogens with zero attached hydrogens (tertiary/aromatic N) is 1. The third-order valence-corrected chi connectivity index (χ3v) is 1.34. The molecule has 4 nitrogen and oxygen atoms in total. The lowest BCUT2D eigenvalue weighted by Crippen LogP contribution is -2.28. The minimum absolute atomic E-state index is 0.401. The monoisotopic (exact) mass is 170 g/mol. The molecule has 0 aromatic carbocycles. The maximum Gasteiger partial charge on any atom is 0.0703 e. The third-order valence-electron chi connectivity index (χ3n) is 1.34. The molecule has 0 unspecified atom stereocenters. The lowest BCUT2D eigenvalue weighted by Gasteiger charge is -2.15. The summed E-state index contributed by atoms with van der Waals surface area (Å²) < 4.78 is 0. The van der Waals surface area contributed by atoms with Gasteiger partial charge in [-0.2, -0.15) is 0 Å². The van der Waals surface area contributed by atoms with Crippen molar-refractivity contribution in [1.82, 2.24) is 10.2 Å². The van der Waals surface area contributed by atoms with E-state index in [1.807, 2.05) is 18.9 Å². The second-order valence-electron chi connectivity index (χ2n) is 2.63. The van der Waals surface area contributed by atoms with Gasteiger partial charge in [0.15, 0.2) is 0 Å². The maximum absolute atomic E-state index is 5.56. The van der Waals surface area contributed by atoms with E-state index in [1.54, 1.807) is 6.20 Å². The van der Waals surface area contributed by atoms with E-state index in [-0.39, 0.29) is 0 Å². The van der Waals surface area contributed by atoms with Crippen molar-refractivity contribution in [2.45, 2.75) is 6.92 Å². The van der Waals surface area contributed by atoms with Gasteiger partial charge in [0.2, 0.25) is 0 Å². The molecule has 0 aromatic rings. The Morgan fingerprint density at radius 3 is 2.58 bits per heavy atom. The third kappa shape index (κ3) is 4.62. The van der Waals surface area contributed by atoms with Crippen molar-refractivity contribution in [3.05, 3.63) is 24.2 Å². The molecular formula is C8H18N4. The van der Waals surface area contributed by atoms with Crippen LogP contribution in [0.5, 0.6) is 0 Å². The zero-order valence-electron chi connectivity index (χ0n) is 7.80. The van der Waals surface area contributed by atoms with Crippen LogP contribution in [-0.4, -0.2) is 25.2 Å². The lowest BCUT2D eigenvalue weighted by molar-refractivity contribution is 0.411. The Morgan fingerprint density at radius 2 is 2.17 bits per heavy atom. The normalized spacial score (nSPS) is 11.3. The Hall–Kier alpha value is -1.16. The van der Waals surface area contributed by atoms with Gasteiger partial charge >= 0.3 is 0 Å². The van der Waals surface area contributed by atoms with Crippen LogP contribution in [-0.2, 0) is 0 Å². The topological polar surface area (TPSA) is 67.3 Å². The van der Waals surface area contributed by atoms with E-state index in [4.69, 9.17) is 11.5 Å². The van der Waals surface area contributed by atoms with Crippen molar-refractivity contribution >= 4 is 0 Å². The molecule has 70 valence electrons. The smallest absolute Gasteiger partial charge is 0.0703 e. The number of rotatable bonds is 5. The number of hydrogen-bond donors (Lipinski definition) is 3. The van der Waals surface area contributed by atoms with Crippen LogP contribution >= 0.6 is 0 Å². The van der Waals surface area contributed by atoms with Crippen LogP contribution in [0.1, 0.15) is 6.92 Å². The molecule has 0 aliphatic rings. The molecule has 5 N–H and O–H groups in total. The zero-order chi connectivity index (χ0) is 9.56. The van der Waals surface area contributed by atoms with E-state index in [2.05, 4.69) is 11.9 Å². The highest BCUT2D eigenvalue weighted by molar-refractivity contribution is 5.20. The predicted octanol–water partition coefficient (Wildman–Crippen LogP) is -0.242. The highest BCUT2D eigenvalue weighted by Gasteiger charge is 1.93. The lowest BCUT2D eigenvalue weighted by atomic mass is 10.4. The maximum atomic E-state index is 5.56. The highest BCUT2D eigenvalue weighted by Crippen LogP contribution is 1.93. The molecular weight excluding hydrogens is 152 g/mol. The zero-order valence-corrected chi connectivity index (χ0v) is 7.80. The summed E-state index contributed by atoms with van der Waals surface area (Å²) in [5, 5.41) is 3.15. The van der Waals surface area contributed by atoms with Gasteiger partial charge in [-0.05, 0) is 6.54 Å². The molecule has 0 amide bonds. The van der Waals surface area contributed by atoms with Gasteiger partial charge in [-0.1, -0.05) is 13.5 Å². The van der Waals surface area contributed by atoms with Crippen LogP contribution in [0.2, 0.25) is 0 Å². The summed E-state index contributed by atoms with van der Waals surface area (Å²) in [7, 11) is 1.92. The Bertz CT molecular complexity index is 174. The van der Waals surface area contributed by atoms with E-state index >= 15 is 0 Å². The SMILES string of the molecule is C=C(N)/C(N)=C\N(C)CNCC. The standard InChI is InChI=1S/C8H18N4/c1-4-11-6-12(3)5-8(10)7(2)9/h5,11H,2,4,6,9-10H2,1,3H3/b8-5+. The van der Waals surface area contributed by atoms with Gasteiger partial charge < -0.3 is 21.7 Å². The number of nitrogens with one attached hydrogen (secondary N) is 1. The van der Waals surface area contributed by atoms with Crippen LogP contribution in [0.15, 0.2) is 24.2 Å². The van der Waals surface area contributed by atoms with Crippen molar-refractivity contribution in [3.63, 3.8) is 0 Å². The van der Waals surface area contributed by atoms with Crippen LogP contribution in [0, 0.1) is 0 Å². The molecule has 0 aliphatic heterocycles. The summed E-state index contributed by atoms with van der Waals surface area (Å²) in [6.07, 6.45) is 1.75. The Morgan fingerprint density at radius 1 is 1.58 bits per heavy atom. The molecule has 0 atom stereocenters. The second-order valence-corrected chi connectivity index (χ2v) is 2.63. The fourth-order valence-corrected chi connectivity index (χ4v) is 0.654. The summed E-state index contributed by atoms with van der Waals surface area (Å²) in [5.41, 5.74) is 11.8. The van der Waals surface area contributed by atoms with Gasteiger partial charge in [0.05, 0.1) is 12.4 Å². The molecule has 0 aliphatic carbocycles. The molecule has 4 heteroatoms. The van der Waals surface area contributed by atoms with Crippen molar-refractivity contribution in [1.29, 1.82) is 0 Å². The summed E-state index contributed by atoms with van der Waals surface area (Å²) in [4.78, 5) is 1.91. The average Bonchev–Trinajstić information content (AvgIpc) is 2.00. The average molecular weight is 170 g/mol. The fraction of sp³-hybridized carbons (Fsp3) is 0.500. The van der Waals surface area contributed by atoms with Gasteiger partial charge in [-0.15, -0.1) is 0 Å². The molecule has 0 rings (SSSR count). The quantitative estimate of drug-likeness (QED) is 0.393. The first-order valence-corrected chi connectivity index (χ1v) is 3.91. The minimum atomic E-state index is 0.401. The van der Waals surface area contributed by atoms with Crippen molar-refractivity contribution < 1.29 is 0 Å². The molecule has 0 saturated heterocycles. The molecule has 0 radical (unpaired) electrons. The summed E-state index contributed by atoms with van der Waals surface area (Å²) in [6.45, 7) is 7.26. The van der Waals surface area contributed by atoms with E-state index in [0.717, 1.165) is 13.2 Å². The summed E-state index contributed by atoms with van der Waals surface area (Å²) in [6, 6.07) is 0. The van der Waals surface area contributed by atoms with Gasteiger partial charge in [-0.3, -0.25) is 0 Å². The highest BCUT2D eigenvalue weighted by atomic mass is 15.2. The largest absolute Gasteiger partial charge is 0.397 e. The summed E-state index contributed by atoms with van der Waals surface area (Å²) in [5.74, 6) is 0. The Labute approximate surface area is 73.9 Å². The molecule has 0 spiro atoms. The van der Waals surface area contributed by atoms with E-state index in [0.29, 0.717) is 11.4 Å². The molecule has 0 fully saturated rings. The number of hydrogen-bond acceptors (Lipinski definition) is 4. The van der Waals surface area contributed by atoms with Gasteiger partial charge in [-0.25, -0.2) is 0 Å². The van der Waals surface area contributed by atoms with E-state index in [9.17, 15) is 0 Å². The van der Waals surface area contributed by atoms with Crippen LogP contribution in [0.25, 0.3) is 0 Å². The van der Waals surface area contributed by atoms with Crippen molar-refractivity contribution in [2.24, 2.45) is 11.5 Å². The Balaban J connectivity index is 3.87.